The normalized spacial score (nSPS) is 19.4. The van der Waals surface area contributed by atoms with Gasteiger partial charge in [-0.15, -0.1) is 0 Å². The fourth-order valence-electron chi connectivity index (χ4n) is 2.38. The maximum Gasteiger partial charge on any atom is 0.307 e. The van der Waals surface area contributed by atoms with E-state index >= 15 is 0 Å². The molecule has 20 heavy (non-hydrogen) atoms. The number of piperidine rings is 1. The minimum absolute atomic E-state index is 0.0652. The predicted octanol–water partition coefficient (Wildman–Crippen LogP) is 1.73. The lowest BCUT2D eigenvalue weighted by molar-refractivity contribution is -0.160. The van der Waals surface area contributed by atoms with E-state index in [1.807, 2.05) is 0 Å². The Kier molecular flexibility index (Phi) is 5.99. The Bertz CT molecular complexity index is 340. The summed E-state index contributed by atoms with van der Waals surface area (Å²) in [7, 11) is 0. The first-order valence-corrected chi connectivity index (χ1v) is 7.39. The highest BCUT2D eigenvalue weighted by atomic mass is 16.6. The molecular weight excluding hydrogens is 258 g/mol. The fourth-order valence-corrected chi connectivity index (χ4v) is 2.38. The van der Waals surface area contributed by atoms with Gasteiger partial charge in [0.05, 0.1) is 18.4 Å². The average molecular weight is 285 g/mol. The van der Waals surface area contributed by atoms with Gasteiger partial charge in [0.1, 0.15) is 5.60 Å². The van der Waals surface area contributed by atoms with Crippen molar-refractivity contribution in [1.82, 2.24) is 4.90 Å². The van der Waals surface area contributed by atoms with E-state index in [4.69, 9.17) is 4.74 Å². The summed E-state index contributed by atoms with van der Waals surface area (Å²) < 4.78 is 5.24. The van der Waals surface area contributed by atoms with Crippen molar-refractivity contribution in [3.05, 3.63) is 0 Å². The van der Waals surface area contributed by atoms with Crippen molar-refractivity contribution in [1.29, 1.82) is 0 Å². The summed E-state index contributed by atoms with van der Waals surface area (Å²) in [6.45, 7) is 8.35. The second-order valence-corrected chi connectivity index (χ2v) is 6.52. The Hall–Kier alpha value is -1.10. The molecule has 0 aromatic carbocycles. The molecule has 0 aromatic rings. The number of ether oxygens (including phenoxy) is 1. The third kappa shape index (κ3) is 5.49. The molecule has 1 unspecified atom stereocenters. The molecule has 2 atom stereocenters. The zero-order valence-electron chi connectivity index (χ0n) is 13.0. The van der Waals surface area contributed by atoms with Crippen LogP contribution in [0.1, 0.15) is 53.4 Å². The molecule has 0 aromatic heterocycles. The molecule has 1 saturated heterocycles. The van der Waals surface area contributed by atoms with Gasteiger partial charge in [0.2, 0.25) is 5.91 Å². The van der Waals surface area contributed by atoms with Crippen LogP contribution >= 0.6 is 0 Å². The topological polar surface area (TPSA) is 66.8 Å². The lowest BCUT2D eigenvalue weighted by atomic mass is 9.96. The standard InChI is InChI=1S/C15H27NO4/c1-11(17)12(10-13(18)20-15(2,3)4)14(19)16-8-6-5-7-9-16/h11-12,17H,5-10H2,1-4H3/t11?,12-/m0/s1. The third-order valence-corrected chi connectivity index (χ3v) is 3.37. The lowest BCUT2D eigenvalue weighted by Gasteiger charge is -2.31. The van der Waals surface area contributed by atoms with E-state index in [9.17, 15) is 14.7 Å². The number of hydrogen-bond acceptors (Lipinski definition) is 4. The predicted molar refractivity (Wildman–Crippen MR) is 76.1 cm³/mol. The quantitative estimate of drug-likeness (QED) is 0.799. The monoisotopic (exact) mass is 285 g/mol. The molecular formula is C15H27NO4. The second kappa shape index (κ2) is 7.07. The number of carbonyl (C=O) groups is 2. The van der Waals surface area contributed by atoms with Crippen molar-refractivity contribution >= 4 is 11.9 Å². The van der Waals surface area contributed by atoms with Gasteiger partial charge in [0, 0.05) is 13.1 Å². The molecule has 0 aliphatic carbocycles. The Morgan fingerprint density at radius 1 is 1.20 bits per heavy atom. The van der Waals surface area contributed by atoms with Crippen LogP contribution in [0.15, 0.2) is 0 Å². The van der Waals surface area contributed by atoms with Crippen LogP contribution in [0.3, 0.4) is 0 Å². The highest BCUT2D eigenvalue weighted by Crippen LogP contribution is 2.19. The highest BCUT2D eigenvalue weighted by Gasteiger charge is 2.32. The van der Waals surface area contributed by atoms with Crippen LogP contribution < -0.4 is 0 Å². The van der Waals surface area contributed by atoms with Crippen LogP contribution in [0.5, 0.6) is 0 Å². The lowest BCUT2D eigenvalue weighted by Crippen LogP contribution is -2.44. The maximum absolute atomic E-state index is 12.4. The Balaban J connectivity index is 2.63. The van der Waals surface area contributed by atoms with Gasteiger partial charge < -0.3 is 14.7 Å². The molecule has 1 aliphatic rings. The molecule has 5 nitrogen and oxygen atoms in total. The molecule has 1 heterocycles. The molecule has 1 rings (SSSR count). The van der Waals surface area contributed by atoms with Crippen LogP contribution in [-0.2, 0) is 14.3 Å². The van der Waals surface area contributed by atoms with E-state index in [0.29, 0.717) is 0 Å². The smallest absolute Gasteiger partial charge is 0.307 e. The third-order valence-electron chi connectivity index (χ3n) is 3.37. The van der Waals surface area contributed by atoms with Gasteiger partial charge in [-0.2, -0.15) is 0 Å². The first kappa shape index (κ1) is 17.0. The zero-order valence-corrected chi connectivity index (χ0v) is 13.0. The van der Waals surface area contributed by atoms with Gasteiger partial charge >= 0.3 is 5.97 Å². The minimum Gasteiger partial charge on any atom is -0.460 e. The van der Waals surface area contributed by atoms with Gasteiger partial charge in [-0.25, -0.2) is 0 Å². The average Bonchev–Trinajstić information content (AvgIpc) is 2.34. The van der Waals surface area contributed by atoms with E-state index in [2.05, 4.69) is 0 Å². The summed E-state index contributed by atoms with van der Waals surface area (Å²) in [6.07, 6.45) is 2.20. The number of amides is 1. The SMILES string of the molecule is CC(O)[C@H](CC(=O)OC(C)(C)C)C(=O)N1CCCCC1. The largest absolute Gasteiger partial charge is 0.460 e. The van der Waals surface area contributed by atoms with Crippen molar-refractivity contribution in [2.45, 2.75) is 65.1 Å². The molecule has 0 radical (unpaired) electrons. The van der Waals surface area contributed by atoms with E-state index in [-0.39, 0.29) is 12.3 Å². The van der Waals surface area contributed by atoms with Crippen molar-refractivity contribution in [3.63, 3.8) is 0 Å². The Morgan fingerprint density at radius 2 is 1.75 bits per heavy atom. The van der Waals surface area contributed by atoms with Gasteiger partial charge in [-0.1, -0.05) is 0 Å². The van der Waals surface area contributed by atoms with Crippen LogP contribution in [-0.4, -0.2) is 46.7 Å². The first-order valence-electron chi connectivity index (χ1n) is 7.39. The summed E-state index contributed by atoms with van der Waals surface area (Å²) in [5, 5.41) is 9.81. The zero-order chi connectivity index (χ0) is 15.3. The number of likely N-dealkylation sites (tertiary alicyclic amines) is 1. The summed E-state index contributed by atoms with van der Waals surface area (Å²) in [6, 6.07) is 0. The maximum atomic E-state index is 12.4. The van der Waals surface area contributed by atoms with E-state index in [0.717, 1.165) is 32.4 Å². The van der Waals surface area contributed by atoms with Gasteiger partial charge in [-0.05, 0) is 47.0 Å². The van der Waals surface area contributed by atoms with Crippen molar-refractivity contribution < 1.29 is 19.4 Å². The highest BCUT2D eigenvalue weighted by molar-refractivity contribution is 5.84. The van der Waals surface area contributed by atoms with Crippen LogP contribution in [0.25, 0.3) is 0 Å². The fraction of sp³-hybridized carbons (Fsp3) is 0.867. The number of nitrogens with zero attached hydrogens (tertiary/aromatic N) is 1. The Morgan fingerprint density at radius 3 is 2.20 bits per heavy atom. The van der Waals surface area contributed by atoms with Crippen LogP contribution in [0.4, 0.5) is 0 Å². The molecule has 1 N–H and O–H groups in total. The van der Waals surface area contributed by atoms with Crippen molar-refractivity contribution in [2.24, 2.45) is 5.92 Å². The number of carbonyl (C=O) groups excluding carboxylic acids is 2. The molecule has 1 amide bonds. The second-order valence-electron chi connectivity index (χ2n) is 6.52. The van der Waals surface area contributed by atoms with Gasteiger partial charge in [0.15, 0.2) is 0 Å². The van der Waals surface area contributed by atoms with Crippen molar-refractivity contribution in [3.8, 4) is 0 Å². The van der Waals surface area contributed by atoms with E-state index in [1.165, 1.54) is 0 Å². The molecule has 5 heteroatoms. The number of esters is 1. The van der Waals surface area contributed by atoms with Crippen molar-refractivity contribution in [2.75, 3.05) is 13.1 Å². The molecule has 1 aliphatic heterocycles. The Labute approximate surface area is 121 Å². The first-order chi connectivity index (χ1) is 9.20. The van der Waals surface area contributed by atoms with E-state index in [1.54, 1.807) is 32.6 Å². The van der Waals surface area contributed by atoms with E-state index < -0.39 is 23.6 Å². The molecule has 0 saturated carbocycles. The number of aliphatic hydroxyl groups excluding tert-OH is 1. The molecule has 1 fully saturated rings. The van der Waals surface area contributed by atoms with Crippen LogP contribution in [0.2, 0.25) is 0 Å². The minimum atomic E-state index is -0.850. The molecule has 116 valence electrons. The summed E-state index contributed by atoms with van der Waals surface area (Å²) in [5.74, 6) is -1.28. The molecule has 0 bridgehead atoms. The van der Waals surface area contributed by atoms with Crippen LogP contribution in [0, 0.1) is 5.92 Å². The summed E-state index contributed by atoms with van der Waals surface area (Å²) >= 11 is 0. The summed E-state index contributed by atoms with van der Waals surface area (Å²) in [5.41, 5.74) is -0.575. The number of hydrogen-bond donors (Lipinski definition) is 1. The van der Waals surface area contributed by atoms with Gasteiger partial charge in [0.25, 0.3) is 0 Å². The van der Waals surface area contributed by atoms with Gasteiger partial charge in [-0.3, -0.25) is 9.59 Å². The molecule has 0 spiro atoms. The number of rotatable bonds is 4. The summed E-state index contributed by atoms with van der Waals surface area (Å²) in [4.78, 5) is 26.0. The number of aliphatic hydroxyl groups is 1.